The molecule has 1 aromatic heterocycles. The van der Waals surface area contributed by atoms with Crippen molar-refractivity contribution in [3.05, 3.63) is 35.8 Å². The molecule has 1 aromatic carbocycles. The first-order valence-electron chi connectivity index (χ1n) is 6.95. The molecule has 0 amide bonds. The van der Waals surface area contributed by atoms with Gasteiger partial charge in [0.15, 0.2) is 5.78 Å². The van der Waals surface area contributed by atoms with Gasteiger partial charge in [0.25, 0.3) is 0 Å². The van der Waals surface area contributed by atoms with Crippen molar-refractivity contribution in [3.63, 3.8) is 0 Å². The van der Waals surface area contributed by atoms with E-state index in [1.54, 1.807) is 18.2 Å². The van der Waals surface area contributed by atoms with Crippen LogP contribution in [-0.2, 0) is 0 Å². The van der Waals surface area contributed by atoms with E-state index in [2.05, 4.69) is 25.9 Å². The quantitative estimate of drug-likeness (QED) is 0.832. The second-order valence-electron chi connectivity index (χ2n) is 5.72. The number of ketones is 1. The van der Waals surface area contributed by atoms with Crippen LogP contribution >= 0.6 is 0 Å². The van der Waals surface area contributed by atoms with Crippen molar-refractivity contribution >= 4 is 17.0 Å². The molecule has 0 aliphatic carbocycles. The number of rotatable bonds is 3. The predicted octanol–water partition coefficient (Wildman–Crippen LogP) is 1.92. The molecule has 0 fully saturated rings. The summed E-state index contributed by atoms with van der Waals surface area (Å²) in [6.07, 6.45) is 1.79. The number of nitrogens with one attached hydrogen (secondary N) is 2. The number of allylic oxidation sites excluding steroid dienone is 1. The number of aromatic amines is 1. The highest BCUT2D eigenvalue weighted by Crippen LogP contribution is 2.34. The lowest BCUT2D eigenvalue weighted by Crippen LogP contribution is -2.35. The summed E-state index contributed by atoms with van der Waals surface area (Å²) in [5, 5.41) is 25.3. The van der Waals surface area contributed by atoms with E-state index in [1.165, 1.54) is 6.20 Å². The number of carbonyl (C=O) groups excluding carboxylic acids is 1. The number of nitrogens with zero attached hydrogens (tertiary/aromatic N) is 4. The van der Waals surface area contributed by atoms with Crippen LogP contribution in [0.25, 0.3) is 5.57 Å². The van der Waals surface area contributed by atoms with Gasteiger partial charge in [0.05, 0.1) is 12.0 Å². The van der Waals surface area contributed by atoms with Crippen LogP contribution in [0, 0.1) is 11.3 Å². The number of benzene rings is 1. The highest BCUT2D eigenvalue weighted by Gasteiger charge is 2.32. The zero-order chi connectivity index (χ0) is 16.4. The molecule has 2 aromatic rings. The molecule has 0 spiro atoms. The van der Waals surface area contributed by atoms with Crippen LogP contribution in [-0.4, -0.2) is 32.0 Å². The molecule has 23 heavy (non-hydrogen) atoms. The number of H-pyrrole nitrogens is 1. The minimum absolute atomic E-state index is 0.0301. The molecule has 0 radical (unpaired) electrons. The lowest BCUT2D eigenvalue weighted by molar-refractivity contribution is 0.0620. The Kier molecular flexibility index (Phi) is 3.54. The maximum Gasteiger partial charge on any atom is 0.216 e. The lowest BCUT2D eigenvalue weighted by Gasteiger charge is -2.31. The monoisotopic (exact) mass is 310 g/mol. The van der Waals surface area contributed by atoms with E-state index in [4.69, 9.17) is 10.00 Å². The first-order chi connectivity index (χ1) is 11.0. The molecule has 1 aliphatic heterocycles. The van der Waals surface area contributed by atoms with Crippen molar-refractivity contribution in [1.82, 2.24) is 20.6 Å². The largest absolute Gasteiger partial charge is 0.487 e. The second kappa shape index (κ2) is 5.53. The zero-order valence-electron chi connectivity index (χ0n) is 12.6. The molecule has 1 aliphatic rings. The third kappa shape index (κ3) is 3.03. The summed E-state index contributed by atoms with van der Waals surface area (Å²) in [6.45, 7) is 3.76. The Bertz CT molecular complexity index is 817. The Morgan fingerprint density at radius 3 is 3.04 bits per heavy atom. The van der Waals surface area contributed by atoms with Gasteiger partial charge in [-0.05, 0) is 37.3 Å². The zero-order valence-corrected chi connectivity index (χ0v) is 12.6. The Morgan fingerprint density at radius 2 is 2.35 bits per heavy atom. The second-order valence-corrected chi connectivity index (χ2v) is 5.72. The number of ether oxygens (including phenoxy) is 1. The first-order valence-corrected chi connectivity index (χ1v) is 6.95. The summed E-state index contributed by atoms with van der Waals surface area (Å²) >= 11 is 0. The standard InChI is InChI=1S/C15H14N6O2/c1-15(2)6-12(22)11-5-10(3-4-13(11)23-15)17-8-9(7-16)14-18-20-21-19-14/h3-5,8,17H,6H2,1-2H3,(H,18,19,20,21). The Balaban J connectivity index is 1.85. The van der Waals surface area contributed by atoms with E-state index in [1.807, 2.05) is 19.9 Å². The van der Waals surface area contributed by atoms with E-state index in [0.717, 1.165) is 0 Å². The lowest BCUT2D eigenvalue weighted by atomic mass is 9.93. The van der Waals surface area contributed by atoms with Crippen LogP contribution in [0.2, 0.25) is 0 Å². The number of carbonyl (C=O) groups is 1. The average molecular weight is 310 g/mol. The van der Waals surface area contributed by atoms with Gasteiger partial charge in [0.2, 0.25) is 5.82 Å². The fourth-order valence-electron chi connectivity index (χ4n) is 2.32. The third-order valence-corrected chi connectivity index (χ3v) is 3.34. The molecule has 2 heterocycles. The van der Waals surface area contributed by atoms with Crippen LogP contribution in [0.3, 0.4) is 0 Å². The molecule has 3 rings (SSSR count). The molecular weight excluding hydrogens is 296 g/mol. The fourth-order valence-corrected chi connectivity index (χ4v) is 2.32. The summed E-state index contributed by atoms with van der Waals surface area (Å²) in [5.74, 6) is 0.793. The average Bonchev–Trinajstić information content (AvgIpc) is 3.01. The summed E-state index contributed by atoms with van der Waals surface area (Å²) in [7, 11) is 0. The van der Waals surface area contributed by atoms with Gasteiger partial charge < -0.3 is 10.1 Å². The summed E-state index contributed by atoms with van der Waals surface area (Å²) < 4.78 is 5.80. The Morgan fingerprint density at radius 1 is 1.52 bits per heavy atom. The number of fused-ring (bicyclic) bond motifs is 1. The fraction of sp³-hybridized carbons (Fsp3) is 0.267. The van der Waals surface area contributed by atoms with Gasteiger partial charge in [-0.25, -0.2) is 0 Å². The number of aromatic nitrogens is 4. The van der Waals surface area contributed by atoms with Crippen molar-refractivity contribution in [1.29, 1.82) is 5.26 Å². The molecule has 8 nitrogen and oxygen atoms in total. The molecule has 0 unspecified atom stereocenters. The van der Waals surface area contributed by atoms with Crippen molar-refractivity contribution < 1.29 is 9.53 Å². The van der Waals surface area contributed by atoms with Gasteiger partial charge in [-0.1, -0.05) is 0 Å². The number of tetrazole rings is 1. The number of nitriles is 1. The molecule has 0 bridgehead atoms. The van der Waals surface area contributed by atoms with Gasteiger partial charge in [0, 0.05) is 11.9 Å². The summed E-state index contributed by atoms with van der Waals surface area (Å²) in [4.78, 5) is 12.2. The van der Waals surface area contributed by atoms with E-state index in [0.29, 0.717) is 23.4 Å². The van der Waals surface area contributed by atoms with E-state index in [-0.39, 0.29) is 17.2 Å². The minimum atomic E-state index is -0.495. The maximum absolute atomic E-state index is 12.2. The molecule has 0 saturated heterocycles. The van der Waals surface area contributed by atoms with Crippen molar-refractivity contribution in [2.45, 2.75) is 25.9 Å². The van der Waals surface area contributed by atoms with Gasteiger partial charge in [0.1, 0.15) is 23.0 Å². The van der Waals surface area contributed by atoms with E-state index >= 15 is 0 Å². The van der Waals surface area contributed by atoms with Gasteiger partial charge in [-0.3, -0.25) is 4.79 Å². The predicted molar refractivity (Wildman–Crippen MR) is 81.5 cm³/mol. The van der Waals surface area contributed by atoms with Crippen LogP contribution in [0.5, 0.6) is 5.75 Å². The van der Waals surface area contributed by atoms with Crippen LogP contribution in [0.4, 0.5) is 5.69 Å². The first kappa shape index (κ1) is 14.7. The number of hydrogen-bond acceptors (Lipinski definition) is 7. The molecule has 0 saturated carbocycles. The Hall–Kier alpha value is -3.21. The van der Waals surface area contributed by atoms with Crippen molar-refractivity contribution in [2.24, 2.45) is 0 Å². The van der Waals surface area contributed by atoms with Gasteiger partial charge in [-0.2, -0.15) is 10.5 Å². The normalized spacial score (nSPS) is 16.2. The molecule has 2 N–H and O–H groups in total. The van der Waals surface area contributed by atoms with Gasteiger partial charge >= 0.3 is 0 Å². The van der Waals surface area contributed by atoms with Crippen molar-refractivity contribution in [3.8, 4) is 11.8 Å². The molecule has 116 valence electrons. The highest BCUT2D eigenvalue weighted by molar-refractivity contribution is 6.01. The van der Waals surface area contributed by atoms with Crippen LogP contribution in [0.1, 0.15) is 36.5 Å². The maximum atomic E-state index is 12.2. The summed E-state index contributed by atoms with van der Waals surface area (Å²) in [6, 6.07) is 7.20. The van der Waals surface area contributed by atoms with Crippen molar-refractivity contribution in [2.75, 3.05) is 5.32 Å². The Labute approximate surface area is 132 Å². The topological polar surface area (TPSA) is 117 Å². The number of anilines is 1. The highest BCUT2D eigenvalue weighted by atomic mass is 16.5. The van der Waals surface area contributed by atoms with E-state index < -0.39 is 5.60 Å². The molecule has 0 atom stereocenters. The summed E-state index contributed by atoms with van der Waals surface area (Å²) in [5.41, 5.74) is 0.920. The smallest absolute Gasteiger partial charge is 0.216 e. The molecule has 8 heteroatoms. The van der Waals surface area contributed by atoms with Crippen LogP contribution < -0.4 is 10.1 Å². The van der Waals surface area contributed by atoms with Gasteiger partial charge in [-0.15, -0.1) is 10.2 Å². The number of Topliss-reactive ketones (excluding diaryl/α,β-unsaturated/α-hetero) is 1. The number of hydrogen-bond donors (Lipinski definition) is 2. The van der Waals surface area contributed by atoms with E-state index in [9.17, 15) is 4.79 Å². The SMILES string of the molecule is CC1(C)CC(=O)c2cc(NC=C(C#N)c3nn[nH]n3)ccc2O1. The minimum Gasteiger partial charge on any atom is -0.487 e. The molecular formula is C15H14N6O2. The van der Waals surface area contributed by atoms with Crippen LogP contribution in [0.15, 0.2) is 24.4 Å². The third-order valence-electron chi connectivity index (χ3n) is 3.34.